The zero-order chi connectivity index (χ0) is 26.1. The molecule has 0 radical (unpaired) electrons. The van der Waals surface area contributed by atoms with Gasteiger partial charge in [-0.1, -0.05) is 6.07 Å². The molecule has 1 amide bonds. The first kappa shape index (κ1) is 24.4. The summed E-state index contributed by atoms with van der Waals surface area (Å²) in [7, 11) is 0. The van der Waals surface area contributed by atoms with Gasteiger partial charge in [-0.05, 0) is 68.1 Å². The molecule has 2 fully saturated rings. The van der Waals surface area contributed by atoms with Gasteiger partial charge in [0.25, 0.3) is 0 Å². The number of H-pyrrole nitrogens is 1. The molecule has 196 valence electrons. The van der Waals surface area contributed by atoms with E-state index in [1.807, 2.05) is 43.1 Å². The highest BCUT2D eigenvalue weighted by Gasteiger charge is 2.34. The van der Waals surface area contributed by atoms with Crippen LogP contribution in [0.5, 0.6) is 5.75 Å². The fraction of sp³-hybridized carbons (Fsp3) is 0.379. The van der Waals surface area contributed by atoms with Gasteiger partial charge in [-0.2, -0.15) is 0 Å². The Labute approximate surface area is 222 Å². The van der Waals surface area contributed by atoms with Crippen LogP contribution >= 0.6 is 0 Å². The van der Waals surface area contributed by atoms with Crippen LogP contribution in [0.3, 0.4) is 0 Å². The lowest BCUT2D eigenvalue weighted by atomic mass is 10.0. The van der Waals surface area contributed by atoms with E-state index in [9.17, 15) is 4.79 Å². The molecule has 0 spiro atoms. The highest BCUT2D eigenvalue weighted by Crippen LogP contribution is 2.33. The first-order valence-corrected chi connectivity index (χ1v) is 13.4. The smallest absolute Gasteiger partial charge is 0.225 e. The molecular formula is C29H33N7O2. The van der Waals surface area contributed by atoms with Crippen molar-refractivity contribution in [1.29, 1.82) is 0 Å². The van der Waals surface area contributed by atoms with Crippen LogP contribution in [0.4, 0.5) is 11.8 Å². The van der Waals surface area contributed by atoms with Gasteiger partial charge in [0.05, 0.1) is 23.8 Å². The molecule has 0 bridgehead atoms. The number of aromatic nitrogens is 4. The van der Waals surface area contributed by atoms with E-state index in [1.165, 1.54) is 5.56 Å². The first-order chi connectivity index (χ1) is 18.6. The predicted octanol–water partition coefficient (Wildman–Crippen LogP) is 4.52. The minimum absolute atomic E-state index is 0.299. The summed E-state index contributed by atoms with van der Waals surface area (Å²) in [6.45, 7) is 8.80. The van der Waals surface area contributed by atoms with Gasteiger partial charge in [-0.15, -0.1) is 0 Å². The number of hydrogen-bond acceptors (Lipinski definition) is 7. The highest BCUT2D eigenvalue weighted by atomic mass is 16.5. The third-order valence-corrected chi connectivity index (χ3v) is 7.18. The molecular weight excluding hydrogens is 478 g/mol. The number of imidazole rings is 1. The molecule has 2 aliphatic rings. The molecule has 3 aromatic heterocycles. The molecule has 1 saturated heterocycles. The number of fused-ring (bicyclic) bond motifs is 1. The van der Waals surface area contributed by atoms with Crippen molar-refractivity contribution < 1.29 is 9.53 Å². The summed E-state index contributed by atoms with van der Waals surface area (Å²) in [5.41, 5.74) is 5.97. The van der Waals surface area contributed by atoms with Crippen molar-refractivity contribution in [2.24, 2.45) is 5.92 Å². The van der Waals surface area contributed by atoms with Crippen molar-refractivity contribution >= 4 is 28.7 Å². The van der Waals surface area contributed by atoms with Crippen molar-refractivity contribution in [2.45, 2.75) is 33.2 Å². The number of aryl methyl sites for hydroxylation is 1. The van der Waals surface area contributed by atoms with Gasteiger partial charge < -0.3 is 19.9 Å². The minimum atomic E-state index is 0.299. The van der Waals surface area contributed by atoms with Crippen LogP contribution in [-0.4, -0.2) is 68.4 Å². The minimum Gasteiger partial charge on any atom is -0.492 e. The van der Waals surface area contributed by atoms with E-state index in [-0.39, 0.29) is 0 Å². The number of nitrogens with one attached hydrogen (secondary N) is 2. The van der Waals surface area contributed by atoms with Crippen molar-refractivity contribution in [2.75, 3.05) is 38.1 Å². The van der Waals surface area contributed by atoms with E-state index in [0.29, 0.717) is 24.4 Å². The maximum Gasteiger partial charge on any atom is 0.225 e. The Morgan fingerprint density at radius 2 is 1.95 bits per heavy atom. The number of amides is 1. The summed E-state index contributed by atoms with van der Waals surface area (Å²) in [4.78, 5) is 33.7. The third kappa shape index (κ3) is 5.33. The van der Waals surface area contributed by atoms with Gasteiger partial charge in [0.2, 0.25) is 11.9 Å². The summed E-state index contributed by atoms with van der Waals surface area (Å²) in [5, 5.41) is 3.33. The summed E-state index contributed by atoms with van der Waals surface area (Å²) < 4.78 is 5.81. The number of hydrogen-bond donors (Lipinski definition) is 2. The number of ether oxygens (including phenoxy) is 1. The molecule has 9 nitrogen and oxygen atoms in total. The van der Waals surface area contributed by atoms with Gasteiger partial charge in [0, 0.05) is 56.1 Å². The van der Waals surface area contributed by atoms with Crippen molar-refractivity contribution in [3.63, 3.8) is 0 Å². The Bertz CT molecular complexity index is 1450. The Morgan fingerprint density at radius 1 is 1.11 bits per heavy atom. The topological polar surface area (TPSA) is 99.3 Å². The molecule has 4 heterocycles. The zero-order valence-corrected chi connectivity index (χ0v) is 21.9. The quantitative estimate of drug-likeness (QED) is 0.359. The van der Waals surface area contributed by atoms with E-state index in [0.717, 1.165) is 85.0 Å². The van der Waals surface area contributed by atoms with Gasteiger partial charge in [-0.3, -0.25) is 14.7 Å². The van der Waals surface area contributed by atoms with Crippen LogP contribution in [0.1, 0.15) is 31.0 Å². The maximum atomic E-state index is 12.3. The van der Waals surface area contributed by atoms with E-state index in [4.69, 9.17) is 9.72 Å². The number of piperazine rings is 1. The van der Waals surface area contributed by atoms with E-state index >= 15 is 0 Å². The maximum absolute atomic E-state index is 12.3. The fourth-order valence-corrected chi connectivity index (χ4v) is 5.02. The normalized spacial score (nSPS) is 16.1. The Hall–Kier alpha value is -3.98. The summed E-state index contributed by atoms with van der Waals surface area (Å²) >= 11 is 0. The molecule has 6 rings (SSSR count). The second kappa shape index (κ2) is 10.4. The number of carbonyl (C=O) groups is 1. The summed E-state index contributed by atoms with van der Waals surface area (Å²) in [6.07, 6.45) is 5.74. The molecule has 2 N–H and O–H groups in total. The standard InChI is InChI=1S/C29H33N7O2/c1-3-38-26-17-31-19(2)14-23(26)22-6-7-24-25(16-22)33-29(32-24)34-27-15-20(8-9-30-27)18-35-10-12-36(13-11-35)28(37)21-4-5-21/h6-9,14-17,21H,3-5,10-13,18H2,1-2H3,(H2,30,32,33,34). The van der Waals surface area contributed by atoms with Gasteiger partial charge in [0.15, 0.2) is 0 Å². The zero-order valence-electron chi connectivity index (χ0n) is 21.9. The molecule has 1 aliphatic heterocycles. The Balaban J connectivity index is 1.13. The number of carbonyl (C=O) groups excluding carboxylic acids is 1. The predicted molar refractivity (Wildman–Crippen MR) is 147 cm³/mol. The monoisotopic (exact) mass is 511 g/mol. The SMILES string of the molecule is CCOc1cnc(C)cc1-c1ccc2nc(Nc3cc(CN4CCN(C(=O)C5CC5)CC4)ccn3)[nH]c2c1. The first-order valence-electron chi connectivity index (χ1n) is 13.4. The molecule has 4 aromatic rings. The van der Waals surface area contributed by atoms with E-state index in [2.05, 4.69) is 43.4 Å². The van der Waals surface area contributed by atoms with Crippen molar-refractivity contribution in [1.82, 2.24) is 29.7 Å². The Kier molecular flexibility index (Phi) is 6.68. The summed E-state index contributed by atoms with van der Waals surface area (Å²) in [5.74, 6) is 2.81. The average molecular weight is 512 g/mol. The molecule has 0 unspecified atom stereocenters. The largest absolute Gasteiger partial charge is 0.492 e. The highest BCUT2D eigenvalue weighted by molar-refractivity contribution is 5.85. The van der Waals surface area contributed by atoms with Crippen molar-refractivity contribution in [3.05, 3.63) is 60.0 Å². The number of rotatable bonds is 8. The van der Waals surface area contributed by atoms with Crippen LogP contribution in [-0.2, 0) is 11.3 Å². The third-order valence-electron chi connectivity index (χ3n) is 7.18. The lowest BCUT2D eigenvalue weighted by Crippen LogP contribution is -2.48. The van der Waals surface area contributed by atoms with Crippen LogP contribution in [0.25, 0.3) is 22.2 Å². The molecule has 1 aliphatic carbocycles. The molecule has 0 atom stereocenters. The molecule has 1 aromatic carbocycles. The van der Waals surface area contributed by atoms with Gasteiger partial charge in [-0.25, -0.2) is 9.97 Å². The Morgan fingerprint density at radius 3 is 2.74 bits per heavy atom. The van der Waals surface area contributed by atoms with Crippen LogP contribution < -0.4 is 10.1 Å². The lowest BCUT2D eigenvalue weighted by molar-refractivity contribution is -0.134. The number of nitrogens with zero attached hydrogens (tertiary/aromatic N) is 5. The fourth-order valence-electron chi connectivity index (χ4n) is 5.02. The van der Waals surface area contributed by atoms with Gasteiger partial charge in [0.1, 0.15) is 11.6 Å². The second-order valence-corrected chi connectivity index (χ2v) is 10.1. The summed E-state index contributed by atoms with van der Waals surface area (Å²) in [6, 6.07) is 12.3. The lowest BCUT2D eigenvalue weighted by Gasteiger charge is -2.34. The van der Waals surface area contributed by atoms with Crippen LogP contribution in [0, 0.1) is 12.8 Å². The van der Waals surface area contributed by atoms with Gasteiger partial charge >= 0.3 is 0 Å². The molecule has 1 saturated carbocycles. The number of benzene rings is 1. The number of aromatic amines is 1. The van der Waals surface area contributed by atoms with Crippen LogP contribution in [0.2, 0.25) is 0 Å². The van der Waals surface area contributed by atoms with Crippen LogP contribution in [0.15, 0.2) is 48.8 Å². The molecule has 9 heteroatoms. The number of pyridine rings is 2. The van der Waals surface area contributed by atoms with E-state index < -0.39 is 0 Å². The number of anilines is 2. The van der Waals surface area contributed by atoms with E-state index in [1.54, 1.807) is 6.20 Å². The van der Waals surface area contributed by atoms with Crippen molar-refractivity contribution in [3.8, 4) is 16.9 Å². The second-order valence-electron chi connectivity index (χ2n) is 10.1. The molecule has 38 heavy (non-hydrogen) atoms. The average Bonchev–Trinajstić information content (AvgIpc) is 3.70.